The normalized spacial score (nSPS) is 16.4. The number of hydrogen-bond acceptors (Lipinski definition) is 2. The molecule has 0 radical (unpaired) electrons. The molecule has 96 valence electrons. The lowest BCUT2D eigenvalue weighted by atomic mass is 10.2. The van der Waals surface area contributed by atoms with E-state index in [1.165, 1.54) is 0 Å². The number of halogens is 2. The summed E-state index contributed by atoms with van der Waals surface area (Å²) in [5, 5.41) is 1.27. The molecule has 0 atom stereocenters. The van der Waals surface area contributed by atoms with E-state index in [0.29, 0.717) is 10.0 Å². The average molecular weight is 283 g/mol. The third-order valence-corrected chi connectivity index (χ3v) is 3.95. The summed E-state index contributed by atoms with van der Waals surface area (Å²) in [6.45, 7) is 8.45. The minimum absolute atomic E-state index is 0.617. The molecule has 1 aliphatic heterocycles. The second-order valence-electron chi connectivity index (χ2n) is 4.27. The van der Waals surface area contributed by atoms with Crippen molar-refractivity contribution in [1.29, 1.82) is 0 Å². The highest BCUT2D eigenvalue weighted by Gasteiger charge is 2.18. The Labute approximate surface area is 118 Å². The molecular weight excluding hydrogens is 267 g/mol. The van der Waals surface area contributed by atoms with Crippen LogP contribution < -0.4 is 4.90 Å². The second-order valence-corrected chi connectivity index (χ2v) is 5.05. The third kappa shape index (κ3) is 3.09. The predicted octanol–water partition coefficient (Wildman–Crippen LogP) is 3.46. The molecule has 0 amide bonds. The monoisotopic (exact) mass is 282 g/mol. The van der Waals surface area contributed by atoms with Gasteiger partial charge in [0.2, 0.25) is 0 Å². The molecule has 4 heteroatoms. The molecule has 1 fully saturated rings. The first-order chi connectivity index (χ1) is 8.72. The van der Waals surface area contributed by atoms with Crippen LogP contribution in [0.5, 0.6) is 0 Å². The van der Waals surface area contributed by atoms with Gasteiger partial charge in [-0.15, -0.1) is 5.73 Å². The summed E-state index contributed by atoms with van der Waals surface area (Å²) in [5.74, 6) is 0. The van der Waals surface area contributed by atoms with Crippen molar-refractivity contribution >= 4 is 28.9 Å². The fourth-order valence-corrected chi connectivity index (χ4v) is 2.52. The van der Waals surface area contributed by atoms with Gasteiger partial charge in [0.25, 0.3) is 0 Å². The molecule has 18 heavy (non-hydrogen) atoms. The van der Waals surface area contributed by atoms with Gasteiger partial charge in [0.1, 0.15) is 0 Å². The molecule has 1 aromatic rings. The van der Waals surface area contributed by atoms with Crippen LogP contribution in [0.15, 0.2) is 36.6 Å². The molecular formula is C14H16Cl2N2. The van der Waals surface area contributed by atoms with Crippen molar-refractivity contribution in [1.82, 2.24) is 4.90 Å². The van der Waals surface area contributed by atoms with E-state index in [4.69, 9.17) is 23.2 Å². The highest BCUT2D eigenvalue weighted by atomic mass is 35.5. The van der Waals surface area contributed by atoms with E-state index >= 15 is 0 Å². The van der Waals surface area contributed by atoms with Crippen molar-refractivity contribution in [3.63, 3.8) is 0 Å². The molecule has 1 aliphatic rings. The summed E-state index contributed by atoms with van der Waals surface area (Å²) in [4.78, 5) is 4.65. The molecule has 0 aromatic heterocycles. The van der Waals surface area contributed by atoms with Gasteiger partial charge >= 0.3 is 0 Å². The lowest BCUT2D eigenvalue weighted by Crippen LogP contribution is -2.46. The van der Waals surface area contributed by atoms with Crippen LogP contribution in [-0.2, 0) is 0 Å². The van der Waals surface area contributed by atoms with Gasteiger partial charge in [0.15, 0.2) is 0 Å². The zero-order chi connectivity index (χ0) is 13.0. The first-order valence-electron chi connectivity index (χ1n) is 5.98. The second kappa shape index (κ2) is 6.31. The highest BCUT2D eigenvalue weighted by molar-refractivity contribution is 6.43. The first kappa shape index (κ1) is 13.5. The molecule has 1 aromatic carbocycles. The zero-order valence-electron chi connectivity index (χ0n) is 10.2. The number of rotatable bonds is 3. The van der Waals surface area contributed by atoms with E-state index in [2.05, 4.69) is 22.1 Å². The SMILES string of the molecule is C=C=CCN1CCN(c2cccc(Cl)c2Cl)CC1. The summed E-state index contributed by atoms with van der Waals surface area (Å²) in [5.41, 5.74) is 3.84. The van der Waals surface area contributed by atoms with Crippen LogP contribution in [0.25, 0.3) is 0 Å². The largest absolute Gasteiger partial charge is 0.368 e. The Morgan fingerprint density at radius 3 is 2.61 bits per heavy atom. The van der Waals surface area contributed by atoms with Gasteiger partial charge in [-0.25, -0.2) is 0 Å². The highest BCUT2D eigenvalue weighted by Crippen LogP contribution is 2.32. The minimum atomic E-state index is 0.617. The quantitative estimate of drug-likeness (QED) is 0.784. The van der Waals surface area contributed by atoms with E-state index in [0.717, 1.165) is 38.4 Å². The van der Waals surface area contributed by atoms with Crippen LogP contribution in [-0.4, -0.2) is 37.6 Å². The van der Waals surface area contributed by atoms with Crippen LogP contribution in [0.4, 0.5) is 5.69 Å². The number of hydrogen-bond donors (Lipinski definition) is 0. The summed E-state index contributed by atoms with van der Waals surface area (Å²) >= 11 is 12.3. The number of nitrogens with zero attached hydrogens (tertiary/aromatic N) is 2. The third-order valence-electron chi connectivity index (χ3n) is 3.14. The Morgan fingerprint density at radius 2 is 1.94 bits per heavy atom. The van der Waals surface area contributed by atoms with Crippen molar-refractivity contribution in [3.05, 3.63) is 46.6 Å². The maximum Gasteiger partial charge on any atom is 0.0825 e. The van der Waals surface area contributed by atoms with Gasteiger partial charge in [0, 0.05) is 32.7 Å². The molecule has 2 rings (SSSR count). The van der Waals surface area contributed by atoms with E-state index < -0.39 is 0 Å². The Kier molecular flexibility index (Phi) is 4.73. The van der Waals surface area contributed by atoms with Crippen molar-refractivity contribution in [3.8, 4) is 0 Å². The van der Waals surface area contributed by atoms with Crippen LogP contribution in [0.3, 0.4) is 0 Å². The maximum absolute atomic E-state index is 6.23. The molecule has 0 saturated carbocycles. The van der Waals surface area contributed by atoms with Crippen LogP contribution >= 0.6 is 23.2 Å². The molecule has 0 bridgehead atoms. The fourth-order valence-electron chi connectivity index (χ4n) is 2.10. The molecule has 2 nitrogen and oxygen atoms in total. The molecule has 0 N–H and O–H groups in total. The van der Waals surface area contributed by atoms with Crippen molar-refractivity contribution in [2.24, 2.45) is 0 Å². The van der Waals surface area contributed by atoms with E-state index in [1.54, 1.807) is 0 Å². The summed E-state index contributed by atoms with van der Waals surface area (Å²) in [6, 6.07) is 5.78. The molecule has 1 saturated heterocycles. The first-order valence-corrected chi connectivity index (χ1v) is 6.73. The summed E-state index contributed by atoms with van der Waals surface area (Å²) in [7, 11) is 0. The van der Waals surface area contributed by atoms with Gasteiger partial charge < -0.3 is 4.90 Å². The fraction of sp³-hybridized carbons (Fsp3) is 0.357. The smallest absolute Gasteiger partial charge is 0.0825 e. The Morgan fingerprint density at radius 1 is 1.22 bits per heavy atom. The van der Waals surface area contributed by atoms with Gasteiger partial charge in [-0.2, -0.15) is 0 Å². The molecule has 1 heterocycles. The Balaban J connectivity index is 2.01. The van der Waals surface area contributed by atoms with Crippen molar-refractivity contribution < 1.29 is 0 Å². The van der Waals surface area contributed by atoms with E-state index in [-0.39, 0.29) is 0 Å². The lowest BCUT2D eigenvalue weighted by Gasteiger charge is -2.36. The van der Waals surface area contributed by atoms with Crippen LogP contribution in [0.1, 0.15) is 0 Å². The number of benzene rings is 1. The summed E-state index contributed by atoms with van der Waals surface area (Å²) in [6.07, 6.45) is 1.96. The molecule has 0 unspecified atom stereocenters. The number of anilines is 1. The van der Waals surface area contributed by atoms with Crippen LogP contribution in [0.2, 0.25) is 10.0 Å². The standard InChI is InChI=1S/C14H16Cl2N2/c1-2-3-7-17-8-10-18(11-9-17)13-6-4-5-12(15)14(13)16/h3-6H,1,7-11H2. The Hall–Kier alpha value is -0.920. The number of piperazine rings is 1. The minimum Gasteiger partial charge on any atom is -0.368 e. The molecule has 0 spiro atoms. The van der Waals surface area contributed by atoms with Gasteiger partial charge in [-0.3, -0.25) is 4.90 Å². The topological polar surface area (TPSA) is 6.48 Å². The predicted molar refractivity (Wildman–Crippen MR) is 78.8 cm³/mol. The average Bonchev–Trinajstić information content (AvgIpc) is 2.40. The lowest BCUT2D eigenvalue weighted by molar-refractivity contribution is 0.284. The Bertz CT molecular complexity index is 459. The van der Waals surface area contributed by atoms with E-state index in [1.807, 2.05) is 24.3 Å². The van der Waals surface area contributed by atoms with Crippen LogP contribution in [0, 0.1) is 0 Å². The van der Waals surface area contributed by atoms with Crippen molar-refractivity contribution in [2.75, 3.05) is 37.6 Å². The van der Waals surface area contributed by atoms with Gasteiger partial charge in [-0.1, -0.05) is 35.8 Å². The zero-order valence-corrected chi connectivity index (χ0v) is 11.7. The van der Waals surface area contributed by atoms with Crippen molar-refractivity contribution in [2.45, 2.75) is 0 Å². The van der Waals surface area contributed by atoms with E-state index in [9.17, 15) is 0 Å². The molecule has 0 aliphatic carbocycles. The van der Waals surface area contributed by atoms with Gasteiger partial charge in [-0.05, 0) is 18.2 Å². The maximum atomic E-state index is 6.23. The van der Waals surface area contributed by atoms with Gasteiger partial charge in [0.05, 0.1) is 15.7 Å². The summed E-state index contributed by atoms with van der Waals surface area (Å²) < 4.78 is 0.